The van der Waals surface area contributed by atoms with Crippen LogP contribution in [-0.4, -0.2) is 6.04 Å². The molecule has 0 radical (unpaired) electrons. The Morgan fingerprint density at radius 1 is 0.533 bits per heavy atom. The molecular formula is C58H52N2. The molecule has 0 N–H and O–H groups in total. The number of allylic oxidation sites excluding steroid dienone is 6. The second-order valence-electron chi connectivity index (χ2n) is 18.6. The van der Waals surface area contributed by atoms with Gasteiger partial charge in [0, 0.05) is 44.4 Å². The molecule has 294 valence electrons. The summed E-state index contributed by atoms with van der Waals surface area (Å²) in [5.41, 5.74) is 19.7. The van der Waals surface area contributed by atoms with Crippen LogP contribution in [0.4, 0.5) is 22.7 Å². The van der Waals surface area contributed by atoms with Crippen LogP contribution in [0.15, 0.2) is 175 Å². The third-order valence-corrected chi connectivity index (χ3v) is 14.1. The summed E-state index contributed by atoms with van der Waals surface area (Å²) in [7, 11) is 0. The number of nitrogens with zero attached hydrogens (tertiary/aromatic N) is 2. The van der Waals surface area contributed by atoms with Crippen LogP contribution in [-0.2, 0) is 10.8 Å². The summed E-state index contributed by atoms with van der Waals surface area (Å²) in [4.78, 5) is 5.14. The minimum absolute atomic E-state index is 0.207. The predicted octanol–water partition coefficient (Wildman–Crippen LogP) is 15.7. The van der Waals surface area contributed by atoms with Gasteiger partial charge in [0.1, 0.15) is 0 Å². The van der Waals surface area contributed by atoms with Crippen LogP contribution in [0.2, 0.25) is 0 Å². The summed E-state index contributed by atoms with van der Waals surface area (Å²) < 4.78 is 0. The number of hydrogen-bond donors (Lipinski definition) is 0. The molecule has 0 saturated heterocycles. The number of para-hydroxylation sites is 1. The van der Waals surface area contributed by atoms with Crippen molar-refractivity contribution in [2.75, 3.05) is 9.80 Å². The third kappa shape index (κ3) is 5.46. The van der Waals surface area contributed by atoms with E-state index >= 15 is 0 Å². The van der Waals surface area contributed by atoms with E-state index < -0.39 is 0 Å². The average molecular weight is 777 g/mol. The van der Waals surface area contributed by atoms with E-state index in [-0.39, 0.29) is 16.9 Å². The zero-order valence-electron chi connectivity index (χ0n) is 35.7. The van der Waals surface area contributed by atoms with Gasteiger partial charge in [-0.2, -0.15) is 0 Å². The Kier molecular flexibility index (Phi) is 8.30. The number of hydrogen-bond acceptors (Lipinski definition) is 2. The van der Waals surface area contributed by atoms with E-state index in [4.69, 9.17) is 0 Å². The van der Waals surface area contributed by atoms with Gasteiger partial charge in [0.05, 0.1) is 11.7 Å². The first-order valence-electron chi connectivity index (χ1n) is 21.8. The zero-order valence-corrected chi connectivity index (χ0v) is 35.7. The maximum Gasteiger partial charge on any atom is 0.0559 e. The van der Waals surface area contributed by atoms with E-state index in [1.807, 2.05) is 0 Å². The number of fused-ring (bicyclic) bond motifs is 10. The van der Waals surface area contributed by atoms with Crippen LogP contribution >= 0.6 is 0 Å². The van der Waals surface area contributed by atoms with Gasteiger partial charge >= 0.3 is 0 Å². The fourth-order valence-corrected chi connectivity index (χ4v) is 11.1. The maximum atomic E-state index is 2.68. The third-order valence-electron chi connectivity index (χ3n) is 14.1. The summed E-state index contributed by atoms with van der Waals surface area (Å²) in [6.45, 7) is 14.3. The van der Waals surface area contributed by atoms with Crippen molar-refractivity contribution in [1.82, 2.24) is 0 Å². The molecule has 0 fully saturated rings. The molecule has 0 bridgehead atoms. The minimum atomic E-state index is -0.230. The summed E-state index contributed by atoms with van der Waals surface area (Å²) >= 11 is 0. The van der Waals surface area contributed by atoms with Gasteiger partial charge in [0.25, 0.3) is 0 Å². The fourth-order valence-electron chi connectivity index (χ4n) is 11.1. The van der Waals surface area contributed by atoms with Crippen molar-refractivity contribution in [1.29, 1.82) is 0 Å². The predicted molar refractivity (Wildman–Crippen MR) is 256 cm³/mol. The molecule has 4 aliphatic carbocycles. The molecule has 0 aromatic heterocycles. The van der Waals surface area contributed by atoms with Crippen LogP contribution in [0.3, 0.4) is 0 Å². The minimum Gasteiger partial charge on any atom is -0.337 e. The Labute approximate surface area is 355 Å². The van der Waals surface area contributed by atoms with Crippen molar-refractivity contribution in [2.24, 2.45) is 0 Å². The normalized spacial score (nSPS) is 17.8. The lowest BCUT2D eigenvalue weighted by Crippen LogP contribution is -2.35. The zero-order chi connectivity index (χ0) is 40.9. The van der Waals surface area contributed by atoms with Crippen LogP contribution < -0.4 is 9.80 Å². The summed E-state index contributed by atoms with van der Waals surface area (Å²) in [6.07, 6.45) is 17.0. The van der Waals surface area contributed by atoms with Gasteiger partial charge in [-0.1, -0.05) is 143 Å². The van der Waals surface area contributed by atoms with Crippen molar-refractivity contribution in [2.45, 2.75) is 77.7 Å². The molecule has 0 saturated carbocycles. The van der Waals surface area contributed by atoms with E-state index in [0.717, 1.165) is 24.9 Å². The molecular weight excluding hydrogens is 725 g/mol. The van der Waals surface area contributed by atoms with Crippen molar-refractivity contribution in [3.05, 3.63) is 203 Å². The van der Waals surface area contributed by atoms with E-state index in [1.54, 1.807) is 0 Å². The van der Waals surface area contributed by atoms with Gasteiger partial charge in [-0.25, -0.2) is 0 Å². The highest BCUT2D eigenvalue weighted by molar-refractivity contribution is 6.12. The summed E-state index contributed by atoms with van der Waals surface area (Å²) in [5, 5.41) is 5.24. The first-order valence-corrected chi connectivity index (χ1v) is 21.8. The van der Waals surface area contributed by atoms with Crippen LogP contribution in [0, 0.1) is 6.92 Å². The molecule has 11 rings (SSSR count). The largest absolute Gasteiger partial charge is 0.337 e. The van der Waals surface area contributed by atoms with Crippen LogP contribution in [0.5, 0.6) is 0 Å². The van der Waals surface area contributed by atoms with Crippen LogP contribution in [0.25, 0.3) is 43.8 Å². The smallest absolute Gasteiger partial charge is 0.0559 e. The quantitative estimate of drug-likeness (QED) is 0.166. The highest BCUT2D eigenvalue weighted by Gasteiger charge is 2.44. The molecule has 2 heteroatoms. The Morgan fingerprint density at radius 2 is 1.12 bits per heavy atom. The van der Waals surface area contributed by atoms with Gasteiger partial charge in [0.2, 0.25) is 0 Å². The molecule has 60 heavy (non-hydrogen) atoms. The molecule has 2 nitrogen and oxygen atoms in total. The molecule has 1 unspecified atom stereocenters. The van der Waals surface area contributed by atoms with Crippen molar-refractivity contribution in [3.8, 4) is 22.3 Å². The summed E-state index contributed by atoms with van der Waals surface area (Å²) in [6, 6.07) is 48.7. The van der Waals surface area contributed by atoms with Crippen molar-refractivity contribution >= 4 is 44.3 Å². The lowest BCUT2D eigenvalue weighted by atomic mass is 9.79. The van der Waals surface area contributed by atoms with E-state index in [0.29, 0.717) is 0 Å². The SMILES string of the molecule is CC1=CC=CC(N(C2=CC=CCC2)c2cc3c(c4ccccc24)-c2cc4c(cc2C3(C)C)-c2c(cc(N(c3ccccc3)c3cccc(C)c3)c3ccccc23)C4(C)C)C1. The lowest BCUT2D eigenvalue weighted by molar-refractivity contribution is 0.651. The topological polar surface area (TPSA) is 6.48 Å². The highest BCUT2D eigenvalue weighted by atomic mass is 15.2. The fraction of sp³-hybridized carbons (Fsp3) is 0.207. The van der Waals surface area contributed by atoms with Crippen LogP contribution in [0.1, 0.15) is 81.7 Å². The second-order valence-corrected chi connectivity index (χ2v) is 18.6. The van der Waals surface area contributed by atoms with Gasteiger partial charge < -0.3 is 9.80 Å². The molecule has 0 amide bonds. The first-order chi connectivity index (χ1) is 29.1. The van der Waals surface area contributed by atoms with Crippen molar-refractivity contribution in [3.63, 3.8) is 0 Å². The number of anilines is 4. The Bertz CT molecular complexity index is 3040. The molecule has 0 heterocycles. The Balaban J connectivity index is 1.13. The average Bonchev–Trinajstić information content (AvgIpc) is 3.62. The second kappa shape index (κ2) is 13.6. The van der Waals surface area contributed by atoms with Gasteiger partial charge in [-0.3, -0.25) is 0 Å². The van der Waals surface area contributed by atoms with Gasteiger partial charge in [0.15, 0.2) is 0 Å². The molecule has 1 atom stereocenters. The summed E-state index contributed by atoms with van der Waals surface area (Å²) in [5.74, 6) is 0. The molecule has 7 aromatic rings. The first kappa shape index (κ1) is 36.7. The lowest BCUT2D eigenvalue weighted by Gasteiger charge is -2.37. The van der Waals surface area contributed by atoms with E-state index in [2.05, 4.69) is 215 Å². The Hall–Kier alpha value is -6.38. The molecule has 0 aliphatic heterocycles. The standard InChI is InChI=1S/C58H52N2/c1-37-19-17-25-41(31-37)59(39-21-9-7-10-22-39)53-35-51-55(45-29-15-13-27-43(45)53)47-33-50-48(34-49(47)57(51,3)4)56-46-30-16-14-28-44(46)54(36-52(56)58(50,5)6)60(40-23-11-8-12-24-40)42-26-18-20-38(2)32-42/h7-11,13-23,25-31,33-36,42H,12,24,32H2,1-6H3. The van der Waals surface area contributed by atoms with Gasteiger partial charge in [-0.05, 0) is 149 Å². The number of benzene rings is 7. The Morgan fingerprint density at radius 3 is 1.72 bits per heavy atom. The number of aryl methyl sites for hydroxylation is 1. The number of rotatable bonds is 6. The monoisotopic (exact) mass is 776 g/mol. The molecule has 0 spiro atoms. The molecule has 4 aliphatic rings. The maximum absolute atomic E-state index is 2.68. The van der Waals surface area contributed by atoms with Crippen molar-refractivity contribution < 1.29 is 0 Å². The van der Waals surface area contributed by atoms with E-state index in [1.165, 1.54) is 99.9 Å². The molecule has 7 aromatic carbocycles. The highest BCUT2D eigenvalue weighted by Crippen LogP contribution is 2.60. The van der Waals surface area contributed by atoms with Gasteiger partial charge in [-0.15, -0.1) is 0 Å². The van der Waals surface area contributed by atoms with E-state index in [9.17, 15) is 0 Å².